The molecule has 3 N–H and O–H groups in total. The van der Waals surface area contributed by atoms with Crippen LogP contribution in [-0.2, 0) is 10.2 Å². The number of nitrogens with two attached hydrogens (primary N) is 1. The first-order valence-corrected chi connectivity index (χ1v) is 7.97. The van der Waals surface area contributed by atoms with Crippen molar-refractivity contribution in [3.8, 4) is 11.5 Å². The summed E-state index contributed by atoms with van der Waals surface area (Å²) in [4.78, 5) is 0. The SMILES string of the molecule is Nc1cc2c(cc1NS(=O)(=O)N1CCCCC1)OCO2. The van der Waals surface area contributed by atoms with Crippen molar-refractivity contribution >= 4 is 21.6 Å². The van der Waals surface area contributed by atoms with E-state index in [4.69, 9.17) is 15.2 Å². The first-order valence-electron chi connectivity index (χ1n) is 6.53. The van der Waals surface area contributed by atoms with Gasteiger partial charge in [0.05, 0.1) is 11.4 Å². The van der Waals surface area contributed by atoms with Gasteiger partial charge in [-0.05, 0) is 12.8 Å². The van der Waals surface area contributed by atoms with Gasteiger partial charge in [0.15, 0.2) is 11.5 Å². The minimum absolute atomic E-state index is 0.122. The summed E-state index contributed by atoms with van der Waals surface area (Å²) in [5.74, 6) is 1.03. The van der Waals surface area contributed by atoms with Gasteiger partial charge in [-0.15, -0.1) is 0 Å². The molecule has 0 unspecified atom stereocenters. The number of nitrogen functional groups attached to an aromatic ring is 1. The Kier molecular flexibility index (Phi) is 3.35. The first kappa shape index (κ1) is 13.3. The van der Waals surface area contributed by atoms with E-state index in [1.54, 1.807) is 12.1 Å². The number of fused-ring (bicyclic) bond motifs is 1. The van der Waals surface area contributed by atoms with Gasteiger partial charge in [0.2, 0.25) is 6.79 Å². The van der Waals surface area contributed by atoms with E-state index in [-0.39, 0.29) is 6.79 Å². The summed E-state index contributed by atoms with van der Waals surface area (Å²) in [6.45, 7) is 1.21. The summed E-state index contributed by atoms with van der Waals surface area (Å²) in [7, 11) is -3.57. The molecule has 1 aromatic rings. The molecule has 0 aromatic heterocycles. The molecule has 2 aliphatic heterocycles. The van der Waals surface area contributed by atoms with Crippen molar-refractivity contribution in [2.45, 2.75) is 19.3 Å². The molecule has 7 nitrogen and oxygen atoms in total. The molecule has 2 heterocycles. The topological polar surface area (TPSA) is 93.9 Å². The number of hydrogen-bond donors (Lipinski definition) is 2. The third-order valence-electron chi connectivity index (χ3n) is 3.44. The Labute approximate surface area is 117 Å². The molecular weight excluding hydrogens is 282 g/mol. The standard InChI is InChI=1S/C12H17N3O4S/c13-9-6-11-12(19-8-18-11)7-10(9)14-20(16,17)15-4-2-1-3-5-15/h6-7,14H,1-5,8,13H2. The van der Waals surface area contributed by atoms with E-state index >= 15 is 0 Å². The summed E-state index contributed by atoms with van der Waals surface area (Å²) in [5, 5.41) is 0. The molecule has 0 amide bonds. The lowest BCUT2D eigenvalue weighted by atomic mass is 10.2. The number of hydrogen-bond acceptors (Lipinski definition) is 5. The normalized spacial score (nSPS) is 19.0. The molecule has 1 saturated heterocycles. The van der Waals surface area contributed by atoms with Crippen LogP contribution in [0.25, 0.3) is 0 Å². The third-order valence-corrected chi connectivity index (χ3v) is 4.96. The highest BCUT2D eigenvalue weighted by molar-refractivity contribution is 7.90. The van der Waals surface area contributed by atoms with Gasteiger partial charge in [0.25, 0.3) is 0 Å². The van der Waals surface area contributed by atoms with Crippen LogP contribution in [0.2, 0.25) is 0 Å². The lowest BCUT2D eigenvalue weighted by molar-refractivity contribution is 0.174. The molecule has 1 fully saturated rings. The quantitative estimate of drug-likeness (QED) is 0.816. The van der Waals surface area contributed by atoms with E-state index in [0.717, 1.165) is 19.3 Å². The van der Waals surface area contributed by atoms with Crippen LogP contribution in [0.15, 0.2) is 12.1 Å². The van der Waals surface area contributed by atoms with E-state index in [1.807, 2.05) is 0 Å². The third kappa shape index (κ3) is 2.48. The van der Waals surface area contributed by atoms with Crippen molar-refractivity contribution in [1.82, 2.24) is 4.31 Å². The largest absolute Gasteiger partial charge is 0.454 e. The number of benzene rings is 1. The smallest absolute Gasteiger partial charge is 0.301 e. The van der Waals surface area contributed by atoms with Crippen LogP contribution in [-0.4, -0.2) is 32.6 Å². The molecule has 0 saturated carbocycles. The fourth-order valence-corrected chi connectivity index (χ4v) is 3.68. The van der Waals surface area contributed by atoms with Gasteiger partial charge in [-0.3, -0.25) is 4.72 Å². The second-order valence-corrected chi connectivity index (χ2v) is 6.53. The van der Waals surface area contributed by atoms with Crippen LogP contribution in [0.1, 0.15) is 19.3 Å². The van der Waals surface area contributed by atoms with Crippen molar-refractivity contribution in [2.75, 3.05) is 30.3 Å². The minimum Gasteiger partial charge on any atom is -0.454 e. The fourth-order valence-electron chi connectivity index (χ4n) is 2.35. The van der Waals surface area contributed by atoms with Crippen LogP contribution < -0.4 is 19.9 Å². The van der Waals surface area contributed by atoms with Crippen molar-refractivity contribution in [3.05, 3.63) is 12.1 Å². The van der Waals surface area contributed by atoms with Crippen LogP contribution in [0, 0.1) is 0 Å². The predicted molar refractivity (Wildman–Crippen MR) is 74.9 cm³/mol. The zero-order valence-electron chi connectivity index (χ0n) is 11.0. The molecule has 0 spiro atoms. The molecule has 0 aliphatic carbocycles. The van der Waals surface area contributed by atoms with Gasteiger partial charge in [-0.25, -0.2) is 0 Å². The zero-order chi connectivity index (χ0) is 14.2. The van der Waals surface area contributed by atoms with E-state index in [9.17, 15) is 8.42 Å². The second-order valence-electron chi connectivity index (χ2n) is 4.86. The zero-order valence-corrected chi connectivity index (χ0v) is 11.8. The summed E-state index contributed by atoms with van der Waals surface area (Å²) < 4.78 is 39.0. The molecule has 2 aliphatic rings. The van der Waals surface area contributed by atoms with Gasteiger partial charge in [-0.2, -0.15) is 12.7 Å². The average molecular weight is 299 g/mol. The van der Waals surface area contributed by atoms with Crippen LogP contribution >= 0.6 is 0 Å². The maximum Gasteiger partial charge on any atom is 0.301 e. The average Bonchev–Trinajstić information content (AvgIpc) is 2.87. The number of anilines is 2. The van der Waals surface area contributed by atoms with E-state index in [1.165, 1.54) is 4.31 Å². The molecule has 110 valence electrons. The number of rotatable bonds is 3. The summed E-state index contributed by atoms with van der Waals surface area (Å²) in [5.41, 5.74) is 6.48. The number of ether oxygens (including phenoxy) is 2. The van der Waals surface area contributed by atoms with Crippen LogP contribution in [0.4, 0.5) is 11.4 Å². The maximum atomic E-state index is 12.3. The Morgan fingerprint density at radius 2 is 1.75 bits per heavy atom. The molecule has 0 bridgehead atoms. The van der Waals surface area contributed by atoms with Gasteiger partial charge in [-0.1, -0.05) is 6.42 Å². The highest BCUT2D eigenvalue weighted by atomic mass is 32.2. The van der Waals surface area contributed by atoms with Gasteiger partial charge < -0.3 is 15.2 Å². The Balaban J connectivity index is 1.83. The van der Waals surface area contributed by atoms with Crippen molar-refractivity contribution < 1.29 is 17.9 Å². The van der Waals surface area contributed by atoms with E-state index in [2.05, 4.69) is 4.72 Å². The predicted octanol–water partition coefficient (Wildman–Crippen LogP) is 1.14. The summed E-state index contributed by atoms with van der Waals surface area (Å²) >= 11 is 0. The minimum atomic E-state index is -3.57. The van der Waals surface area contributed by atoms with Crippen LogP contribution in [0.3, 0.4) is 0 Å². The maximum absolute atomic E-state index is 12.3. The fraction of sp³-hybridized carbons (Fsp3) is 0.500. The molecule has 0 radical (unpaired) electrons. The van der Waals surface area contributed by atoms with Crippen molar-refractivity contribution in [3.63, 3.8) is 0 Å². The molecule has 3 rings (SSSR count). The Bertz CT molecular complexity index is 611. The number of nitrogens with one attached hydrogen (secondary N) is 1. The Morgan fingerprint density at radius 3 is 2.45 bits per heavy atom. The molecule has 8 heteroatoms. The van der Waals surface area contributed by atoms with Gasteiger partial charge in [0, 0.05) is 25.2 Å². The molecule has 20 heavy (non-hydrogen) atoms. The summed E-state index contributed by atoms with van der Waals surface area (Å²) in [6.07, 6.45) is 2.84. The molecule has 1 aromatic carbocycles. The Morgan fingerprint density at radius 1 is 1.10 bits per heavy atom. The monoisotopic (exact) mass is 299 g/mol. The first-order chi connectivity index (χ1) is 9.56. The van der Waals surface area contributed by atoms with Crippen molar-refractivity contribution in [1.29, 1.82) is 0 Å². The number of piperidine rings is 1. The Hall–Kier alpha value is -1.67. The molecular formula is C12H17N3O4S. The van der Waals surface area contributed by atoms with Crippen LogP contribution in [0.5, 0.6) is 11.5 Å². The van der Waals surface area contributed by atoms with Gasteiger partial charge >= 0.3 is 10.2 Å². The second kappa shape index (κ2) is 5.02. The van der Waals surface area contributed by atoms with E-state index < -0.39 is 10.2 Å². The highest BCUT2D eigenvalue weighted by Crippen LogP contribution is 2.38. The van der Waals surface area contributed by atoms with E-state index in [0.29, 0.717) is 36.0 Å². The highest BCUT2D eigenvalue weighted by Gasteiger charge is 2.25. The molecule has 0 atom stereocenters. The van der Waals surface area contributed by atoms with Gasteiger partial charge in [0.1, 0.15) is 0 Å². The van der Waals surface area contributed by atoms with Crippen molar-refractivity contribution in [2.24, 2.45) is 0 Å². The lowest BCUT2D eigenvalue weighted by Gasteiger charge is -2.26. The lowest BCUT2D eigenvalue weighted by Crippen LogP contribution is -2.39. The summed E-state index contributed by atoms with van der Waals surface area (Å²) in [6, 6.07) is 3.12. The number of nitrogens with zero attached hydrogens (tertiary/aromatic N) is 1.